The highest BCUT2D eigenvalue weighted by atomic mass is 16.5. The Balaban J connectivity index is 1.50. The van der Waals surface area contributed by atoms with E-state index in [0.29, 0.717) is 43.6 Å². The number of para-hydroxylation sites is 3. The van der Waals surface area contributed by atoms with Gasteiger partial charge in [-0.25, -0.2) is 0 Å². The maximum Gasteiger partial charge on any atom is 0.232 e. The molecule has 3 heterocycles. The Kier molecular flexibility index (Phi) is 6.80. The van der Waals surface area contributed by atoms with E-state index in [1.165, 1.54) is 0 Å². The van der Waals surface area contributed by atoms with Crippen LogP contribution in [0.1, 0.15) is 11.4 Å². The molecule has 0 bridgehead atoms. The van der Waals surface area contributed by atoms with Crippen LogP contribution in [0.15, 0.2) is 115 Å². The van der Waals surface area contributed by atoms with Crippen LogP contribution in [0, 0.1) is 11.3 Å². The molecule has 1 saturated heterocycles. The first-order valence-electron chi connectivity index (χ1n) is 14.0. The van der Waals surface area contributed by atoms with E-state index in [0.717, 1.165) is 39.1 Å². The van der Waals surface area contributed by atoms with Gasteiger partial charge in [-0.15, -0.1) is 10.2 Å². The molecule has 1 aliphatic heterocycles. The predicted molar refractivity (Wildman–Crippen MR) is 167 cm³/mol. The molecule has 0 atom stereocenters. The molecule has 0 N–H and O–H groups in total. The molecule has 0 spiro atoms. The van der Waals surface area contributed by atoms with Crippen molar-refractivity contribution in [1.82, 2.24) is 19.3 Å². The predicted octanol–water partition coefficient (Wildman–Crippen LogP) is 6.78. The van der Waals surface area contributed by atoms with E-state index in [2.05, 4.69) is 68.2 Å². The Morgan fingerprint density at radius 3 is 1.98 bits per heavy atom. The zero-order chi connectivity index (χ0) is 28.3. The molecule has 42 heavy (non-hydrogen) atoms. The van der Waals surface area contributed by atoms with Gasteiger partial charge in [0.25, 0.3) is 0 Å². The van der Waals surface area contributed by atoms with E-state index >= 15 is 0 Å². The number of morpholine rings is 1. The molecular weight excluding hydrogens is 520 g/mol. The van der Waals surface area contributed by atoms with Crippen LogP contribution in [0.5, 0.6) is 0 Å². The maximum absolute atomic E-state index is 10.6. The van der Waals surface area contributed by atoms with Crippen LogP contribution < -0.4 is 4.90 Å². The van der Waals surface area contributed by atoms with Gasteiger partial charge in [-0.1, -0.05) is 84.9 Å². The number of nitrogens with zero attached hydrogens (tertiary/aromatic N) is 6. The number of nitriles is 1. The highest BCUT2D eigenvalue weighted by Gasteiger charge is 2.25. The lowest BCUT2D eigenvalue weighted by Crippen LogP contribution is -2.38. The van der Waals surface area contributed by atoms with Gasteiger partial charge in [0.2, 0.25) is 5.95 Å². The fourth-order valence-electron chi connectivity index (χ4n) is 5.66. The van der Waals surface area contributed by atoms with Gasteiger partial charge in [-0.05, 0) is 42.0 Å². The summed E-state index contributed by atoms with van der Waals surface area (Å²) in [6.45, 7) is 2.66. The van der Waals surface area contributed by atoms with Gasteiger partial charge >= 0.3 is 0 Å². The summed E-state index contributed by atoms with van der Waals surface area (Å²) in [5, 5.41) is 20.9. The fourth-order valence-corrected chi connectivity index (χ4v) is 5.66. The molecule has 7 nitrogen and oxygen atoms in total. The Bertz CT molecular complexity index is 1910. The van der Waals surface area contributed by atoms with Crippen LogP contribution >= 0.6 is 0 Å². The molecule has 2 aromatic heterocycles. The van der Waals surface area contributed by atoms with Crippen LogP contribution in [0.3, 0.4) is 0 Å². The van der Waals surface area contributed by atoms with Crippen LogP contribution in [0.4, 0.5) is 5.95 Å². The summed E-state index contributed by atoms with van der Waals surface area (Å²) in [6, 6.07) is 41.4. The number of ether oxygens (including phenoxy) is 1. The van der Waals surface area contributed by atoms with Crippen molar-refractivity contribution >= 4 is 28.5 Å². The van der Waals surface area contributed by atoms with Gasteiger partial charge in [0.05, 0.1) is 35.7 Å². The first kappa shape index (κ1) is 25.5. The number of allylic oxidation sites excluding steroid dienone is 1. The van der Waals surface area contributed by atoms with Gasteiger partial charge in [-0.3, -0.25) is 4.57 Å². The minimum atomic E-state index is 0.430. The zero-order valence-electron chi connectivity index (χ0n) is 23.0. The van der Waals surface area contributed by atoms with E-state index < -0.39 is 0 Å². The summed E-state index contributed by atoms with van der Waals surface area (Å²) >= 11 is 0. The number of rotatable bonds is 6. The third-order valence-corrected chi connectivity index (χ3v) is 7.58. The summed E-state index contributed by atoms with van der Waals surface area (Å²) < 4.78 is 9.85. The van der Waals surface area contributed by atoms with Crippen molar-refractivity contribution in [2.45, 2.75) is 0 Å². The summed E-state index contributed by atoms with van der Waals surface area (Å²) in [5.41, 5.74) is 6.45. The van der Waals surface area contributed by atoms with Crippen LogP contribution in [-0.2, 0) is 4.74 Å². The molecule has 7 heteroatoms. The molecule has 1 fully saturated rings. The first-order valence-corrected chi connectivity index (χ1v) is 14.0. The average molecular weight is 549 g/mol. The lowest BCUT2D eigenvalue weighted by Gasteiger charge is -2.28. The second-order valence-corrected chi connectivity index (χ2v) is 10.1. The molecule has 4 aromatic carbocycles. The highest BCUT2D eigenvalue weighted by Crippen LogP contribution is 2.39. The number of anilines is 1. The Labute approximate surface area is 244 Å². The molecule has 1 aliphatic rings. The monoisotopic (exact) mass is 548 g/mol. The Morgan fingerprint density at radius 2 is 1.31 bits per heavy atom. The lowest BCUT2D eigenvalue weighted by molar-refractivity contribution is 0.122. The second-order valence-electron chi connectivity index (χ2n) is 10.1. The summed E-state index contributed by atoms with van der Waals surface area (Å²) in [6.07, 6.45) is 1.97. The topological polar surface area (TPSA) is 71.9 Å². The molecule has 7 rings (SSSR count). The van der Waals surface area contributed by atoms with Gasteiger partial charge in [0.1, 0.15) is 6.07 Å². The number of hydrogen-bond acceptors (Lipinski definition) is 5. The molecule has 204 valence electrons. The second kappa shape index (κ2) is 11.2. The largest absolute Gasteiger partial charge is 0.378 e. The van der Waals surface area contributed by atoms with Crippen LogP contribution in [0.2, 0.25) is 0 Å². The minimum Gasteiger partial charge on any atom is -0.378 e. The number of hydrogen-bond donors (Lipinski definition) is 0. The first-order chi connectivity index (χ1) is 20.8. The van der Waals surface area contributed by atoms with Gasteiger partial charge in [0.15, 0.2) is 5.82 Å². The third kappa shape index (κ3) is 4.54. The van der Waals surface area contributed by atoms with Crippen molar-refractivity contribution in [2.75, 3.05) is 31.2 Å². The smallest absolute Gasteiger partial charge is 0.232 e. The number of fused-ring (bicyclic) bond motifs is 1. The fraction of sp³-hybridized carbons (Fsp3) is 0.114. The molecule has 0 saturated carbocycles. The minimum absolute atomic E-state index is 0.430. The van der Waals surface area contributed by atoms with Crippen molar-refractivity contribution < 1.29 is 4.74 Å². The van der Waals surface area contributed by atoms with Gasteiger partial charge in [0, 0.05) is 29.7 Å². The van der Waals surface area contributed by atoms with E-state index in [-0.39, 0.29) is 0 Å². The summed E-state index contributed by atoms with van der Waals surface area (Å²) in [7, 11) is 0. The standard InChI is InChI=1S/C35H28N6O/c36-25-27(34-37-38-35(39-20-22-42-23-21-39)41(34)29-16-8-3-9-17-29)24-31-30-18-10-11-19-32(30)40(28-14-6-2-7-15-28)33(31)26-12-4-1-5-13-26/h1-19,24H,20-23H2/b27-24-. The van der Waals surface area contributed by atoms with Gasteiger partial charge < -0.3 is 14.2 Å². The van der Waals surface area contributed by atoms with E-state index in [1.807, 2.05) is 83.4 Å². The van der Waals surface area contributed by atoms with Crippen molar-refractivity contribution in [3.8, 4) is 28.7 Å². The molecule has 0 unspecified atom stereocenters. The lowest BCUT2D eigenvalue weighted by atomic mass is 10.0. The molecule has 6 aromatic rings. The van der Waals surface area contributed by atoms with Crippen LogP contribution in [0.25, 0.3) is 45.2 Å². The Hall–Kier alpha value is -5.45. The Morgan fingerprint density at radius 1 is 0.714 bits per heavy atom. The SMILES string of the molecule is N#C/C(=C/c1c(-c2ccccc2)n(-c2ccccc2)c2ccccc12)c1nnc(N2CCOCC2)n1-c1ccccc1. The molecule has 0 amide bonds. The van der Waals surface area contributed by atoms with Crippen molar-refractivity contribution in [3.05, 3.63) is 127 Å². The van der Waals surface area contributed by atoms with E-state index in [4.69, 9.17) is 4.74 Å². The maximum atomic E-state index is 10.6. The molecule has 0 radical (unpaired) electrons. The van der Waals surface area contributed by atoms with E-state index in [9.17, 15) is 5.26 Å². The van der Waals surface area contributed by atoms with E-state index in [1.54, 1.807) is 0 Å². The number of aromatic nitrogens is 4. The normalized spacial score (nSPS) is 13.8. The van der Waals surface area contributed by atoms with Crippen molar-refractivity contribution in [1.29, 1.82) is 5.26 Å². The molecule has 0 aliphatic carbocycles. The summed E-state index contributed by atoms with van der Waals surface area (Å²) in [5.74, 6) is 1.20. The summed E-state index contributed by atoms with van der Waals surface area (Å²) in [4.78, 5) is 2.17. The highest BCUT2D eigenvalue weighted by molar-refractivity contribution is 6.04. The van der Waals surface area contributed by atoms with Crippen LogP contribution in [-0.4, -0.2) is 45.6 Å². The van der Waals surface area contributed by atoms with Crippen molar-refractivity contribution in [2.24, 2.45) is 0 Å². The zero-order valence-corrected chi connectivity index (χ0v) is 23.0. The van der Waals surface area contributed by atoms with Crippen molar-refractivity contribution in [3.63, 3.8) is 0 Å². The number of benzene rings is 4. The average Bonchev–Trinajstić information content (AvgIpc) is 3.65. The third-order valence-electron chi connectivity index (χ3n) is 7.58. The van der Waals surface area contributed by atoms with Gasteiger partial charge in [-0.2, -0.15) is 5.26 Å². The molecular formula is C35H28N6O. The quantitative estimate of drug-likeness (QED) is 0.215.